The number of nitro benzene ring substituents is 1. The third-order valence-corrected chi connectivity index (χ3v) is 4.94. The van der Waals surface area contributed by atoms with Crippen molar-refractivity contribution in [3.05, 3.63) is 64.0 Å². The third-order valence-electron chi connectivity index (χ3n) is 4.94. The van der Waals surface area contributed by atoms with E-state index >= 15 is 0 Å². The fourth-order valence-corrected chi connectivity index (χ4v) is 3.63. The molecule has 1 aliphatic carbocycles. The Bertz CT molecular complexity index is 1080. The second-order valence-corrected chi connectivity index (χ2v) is 6.82. The fraction of sp³-hybridized carbons (Fsp3) is 0.263. The van der Waals surface area contributed by atoms with E-state index in [9.17, 15) is 24.4 Å². The average molecular weight is 384 g/mol. The molecular formula is C19H17FN4O4. The van der Waals surface area contributed by atoms with Gasteiger partial charge in [0.2, 0.25) is 5.95 Å². The molecule has 1 fully saturated rings. The molecule has 0 aliphatic heterocycles. The number of rotatable bonds is 4. The molecule has 2 N–H and O–H groups in total. The van der Waals surface area contributed by atoms with Crippen LogP contribution in [0.2, 0.25) is 0 Å². The molecule has 28 heavy (non-hydrogen) atoms. The van der Waals surface area contributed by atoms with E-state index in [0.29, 0.717) is 30.3 Å². The van der Waals surface area contributed by atoms with E-state index in [0.717, 1.165) is 0 Å². The molecule has 0 saturated heterocycles. The molecule has 0 radical (unpaired) electrons. The number of nitrogens with zero attached hydrogens (tertiary/aromatic N) is 3. The zero-order valence-electron chi connectivity index (χ0n) is 14.7. The molecule has 2 atom stereocenters. The molecule has 1 aliphatic rings. The number of fused-ring (bicyclic) bond motifs is 1. The van der Waals surface area contributed by atoms with Crippen LogP contribution in [-0.4, -0.2) is 31.6 Å². The van der Waals surface area contributed by atoms with Gasteiger partial charge in [-0.3, -0.25) is 20.2 Å². The van der Waals surface area contributed by atoms with Crippen molar-refractivity contribution < 1.29 is 19.2 Å². The second kappa shape index (κ2) is 7.01. The van der Waals surface area contributed by atoms with Crippen LogP contribution >= 0.6 is 0 Å². The number of imidazole rings is 1. The summed E-state index contributed by atoms with van der Waals surface area (Å²) in [6.07, 6.45) is 1.39. The molecular weight excluding hydrogens is 367 g/mol. The van der Waals surface area contributed by atoms with Gasteiger partial charge in [0.25, 0.3) is 11.6 Å². The molecule has 1 aromatic heterocycles. The number of hydrogen-bond donors (Lipinski definition) is 2. The summed E-state index contributed by atoms with van der Waals surface area (Å²) in [5.41, 5.74) is 0.957. The molecule has 0 spiro atoms. The van der Waals surface area contributed by atoms with Gasteiger partial charge in [-0.25, -0.2) is 9.37 Å². The summed E-state index contributed by atoms with van der Waals surface area (Å²) in [5, 5.41) is 23.5. The van der Waals surface area contributed by atoms with E-state index in [1.807, 2.05) is 0 Å². The van der Waals surface area contributed by atoms with Crippen molar-refractivity contribution in [2.45, 2.75) is 31.4 Å². The summed E-state index contributed by atoms with van der Waals surface area (Å²) in [6, 6.07) is 9.47. The Hall–Kier alpha value is -3.33. The molecule has 0 bridgehead atoms. The summed E-state index contributed by atoms with van der Waals surface area (Å²) < 4.78 is 15.4. The Kier molecular flexibility index (Phi) is 4.52. The van der Waals surface area contributed by atoms with Crippen molar-refractivity contribution >= 4 is 28.6 Å². The lowest BCUT2D eigenvalue weighted by atomic mass is 10.2. The Morgan fingerprint density at radius 2 is 2.11 bits per heavy atom. The van der Waals surface area contributed by atoms with Crippen LogP contribution in [0.5, 0.6) is 0 Å². The number of benzene rings is 2. The van der Waals surface area contributed by atoms with Gasteiger partial charge in [-0.05, 0) is 37.5 Å². The molecule has 8 nitrogen and oxygen atoms in total. The first-order valence-electron chi connectivity index (χ1n) is 8.84. The third kappa shape index (κ3) is 3.31. The minimum Gasteiger partial charge on any atom is -0.393 e. The van der Waals surface area contributed by atoms with Gasteiger partial charge in [0, 0.05) is 29.8 Å². The molecule has 144 valence electrons. The highest BCUT2D eigenvalue weighted by atomic mass is 19.1. The predicted octanol–water partition coefficient (Wildman–Crippen LogP) is 3.42. The van der Waals surface area contributed by atoms with Crippen molar-refractivity contribution in [1.29, 1.82) is 0 Å². The maximum Gasteiger partial charge on any atom is 0.270 e. The maximum absolute atomic E-state index is 13.6. The highest BCUT2D eigenvalue weighted by Gasteiger charge is 2.28. The summed E-state index contributed by atoms with van der Waals surface area (Å²) in [4.78, 5) is 27.4. The van der Waals surface area contributed by atoms with Gasteiger partial charge in [0.15, 0.2) is 0 Å². The number of nitrogens with one attached hydrogen (secondary N) is 1. The molecule has 4 rings (SSSR count). The summed E-state index contributed by atoms with van der Waals surface area (Å²) >= 11 is 0. The SMILES string of the molecule is O=C(Nc1nc2cc(F)ccc2n1C1CCC(O)C1)c1cccc([N+](=O)[O-])c1. The highest BCUT2D eigenvalue weighted by molar-refractivity contribution is 6.04. The van der Waals surface area contributed by atoms with E-state index < -0.39 is 22.8 Å². The highest BCUT2D eigenvalue weighted by Crippen LogP contribution is 2.36. The van der Waals surface area contributed by atoms with E-state index in [2.05, 4.69) is 10.3 Å². The molecule has 1 amide bonds. The second-order valence-electron chi connectivity index (χ2n) is 6.82. The number of nitro groups is 1. The molecule has 1 saturated carbocycles. The number of aromatic nitrogens is 2. The lowest BCUT2D eigenvalue weighted by Gasteiger charge is -2.16. The van der Waals surface area contributed by atoms with Crippen molar-refractivity contribution in [2.24, 2.45) is 0 Å². The summed E-state index contributed by atoms with van der Waals surface area (Å²) in [5.74, 6) is -0.782. The number of aliphatic hydroxyl groups excluding tert-OH is 1. The minimum atomic E-state index is -0.575. The number of halogens is 1. The lowest BCUT2D eigenvalue weighted by molar-refractivity contribution is -0.384. The van der Waals surface area contributed by atoms with Crippen molar-refractivity contribution in [2.75, 3.05) is 5.32 Å². The largest absolute Gasteiger partial charge is 0.393 e. The van der Waals surface area contributed by atoms with Gasteiger partial charge >= 0.3 is 0 Å². The van der Waals surface area contributed by atoms with Crippen LogP contribution in [0.1, 0.15) is 35.7 Å². The van der Waals surface area contributed by atoms with Crippen LogP contribution in [0.4, 0.5) is 16.0 Å². The van der Waals surface area contributed by atoms with Gasteiger partial charge in [-0.2, -0.15) is 0 Å². The van der Waals surface area contributed by atoms with Crippen molar-refractivity contribution in [1.82, 2.24) is 9.55 Å². The number of hydrogen-bond acceptors (Lipinski definition) is 5. The van der Waals surface area contributed by atoms with Gasteiger partial charge in [0.05, 0.1) is 22.1 Å². The molecule has 2 unspecified atom stereocenters. The zero-order chi connectivity index (χ0) is 19.8. The van der Waals surface area contributed by atoms with Crippen LogP contribution in [0.15, 0.2) is 42.5 Å². The van der Waals surface area contributed by atoms with E-state index in [1.54, 1.807) is 10.6 Å². The van der Waals surface area contributed by atoms with Crippen LogP contribution in [0.3, 0.4) is 0 Å². The summed E-state index contributed by atoms with van der Waals surface area (Å²) in [7, 11) is 0. The van der Waals surface area contributed by atoms with Crippen LogP contribution < -0.4 is 5.32 Å². The molecule has 1 heterocycles. The van der Waals surface area contributed by atoms with Crippen molar-refractivity contribution in [3.8, 4) is 0 Å². The Morgan fingerprint density at radius 1 is 1.29 bits per heavy atom. The topological polar surface area (TPSA) is 110 Å². The number of non-ortho nitro benzene ring substituents is 1. The Labute approximate surface area is 158 Å². The van der Waals surface area contributed by atoms with Crippen LogP contribution in [-0.2, 0) is 0 Å². The zero-order valence-corrected chi connectivity index (χ0v) is 14.7. The van der Waals surface area contributed by atoms with E-state index in [1.165, 1.54) is 36.4 Å². The maximum atomic E-state index is 13.6. The monoisotopic (exact) mass is 384 g/mol. The van der Waals surface area contributed by atoms with Crippen LogP contribution in [0, 0.1) is 15.9 Å². The predicted molar refractivity (Wildman–Crippen MR) is 99.6 cm³/mol. The quantitative estimate of drug-likeness (QED) is 0.529. The number of amides is 1. The molecule has 2 aromatic carbocycles. The first-order chi connectivity index (χ1) is 13.4. The summed E-state index contributed by atoms with van der Waals surface area (Å²) in [6.45, 7) is 0. The van der Waals surface area contributed by atoms with E-state index in [4.69, 9.17) is 0 Å². The van der Waals surface area contributed by atoms with Gasteiger partial charge < -0.3 is 9.67 Å². The number of carbonyl (C=O) groups is 1. The minimum absolute atomic E-state index is 0.0918. The smallest absolute Gasteiger partial charge is 0.270 e. The van der Waals surface area contributed by atoms with E-state index in [-0.39, 0.29) is 23.2 Å². The number of anilines is 1. The Balaban J connectivity index is 1.72. The van der Waals surface area contributed by atoms with Crippen LogP contribution in [0.25, 0.3) is 11.0 Å². The normalized spacial score (nSPS) is 19.1. The first-order valence-corrected chi connectivity index (χ1v) is 8.84. The number of carbonyl (C=O) groups excluding carboxylic acids is 1. The standard InChI is InChI=1S/C19H17FN4O4/c20-12-4-7-17-16(9-12)21-19(23(17)13-5-6-15(25)10-13)22-18(26)11-2-1-3-14(8-11)24(27)28/h1-4,7-9,13,15,25H,5-6,10H2,(H,21,22,26). The fourth-order valence-electron chi connectivity index (χ4n) is 3.63. The van der Waals surface area contributed by atoms with Gasteiger partial charge in [-0.15, -0.1) is 0 Å². The average Bonchev–Trinajstić information content (AvgIpc) is 3.24. The van der Waals surface area contributed by atoms with Crippen molar-refractivity contribution in [3.63, 3.8) is 0 Å². The van der Waals surface area contributed by atoms with Gasteiger partial charge in [-0.1, -0.05) is 6.07 Å². The molecule has 9 heteroatoms. The molecule has 3 aromatic rings. The Morgan fingerprint density at radius 3 is 2.82 bits per heavy atom. The number of aliphatic hydroxyl groups is 1. The lowest BCUT2D eigenvalue weighted by Crippen LogP contribution is -2.18. The first kappa shape index (κ1) is 18.1. The van der Waals surface area contributed by atoms with Gasteiger partial charge in [0.1, 0.15) is 5.82 Å².